The Morgan fingerprint density at radius 1 is 1.35 bits per heavy atom. The highest BCUT2D eigenvalue weighted by molar-refractivity contribution is 7.99. The molecule has 1 aliphatic carbocycles. The van der Waals surface area contributed by atoms with Gasteiger partial charge in [-0.3, -0.25) is 0 Å². The molecule has 0 atom stereocenters. The van der Waals surface area contributed by atoms with Crippen LogP contribution in [-0.2, 0) is 6.54 Å². The number of nitrogens with zero attached hydrogens (tertiary/aromatic N) is 1. The highest BCUT2D eigenvalue weighted by Gasteiger charge is 2.24. The molecular formula is C16H26N2OS. The Hall–Kier alpha value is -0.710. The van der Waals surface area contributed by atoms with E-state index in [0.29, 0.717) is 19.1 Å². The molecule has 1 saturated carbocycles. The maximum atomic E-state index is 9.42. The average Bonchev–Trinajstić information content (AvgIpc) is 2.99. The lowest BCUT2D eigenvalue weighted by atomic mass is 10.1. The maximum absolute atomic E-state index is 9.42. The molecule has 1 aromatic rings. The standard InChI is InChI=1S/C16H26N2OS/c1-2-20-16-9-5-8-15(14(16)12-17)18(10-11-19)13-6-3-4-7-13/h5,8-9,13,19H,2-4,6-7,10-12,17H2,1H3. The summed E-state index contributed by atoms with van der Waals surface area (Å²) in [4.78, 5) is 3.67. The molecule has 2 rings (SSSR count). The molecule has 0 spiro atoms. The Kier molecular flexibility index (Phi) is 6.20. The molecule has 20 heavy (non-hydrogen) atoms. The second-order valence-corrected chi connectivity index (χ2v) is 6.55. The molecule has 0 amide bonds. The van der Waals surface area contributed by atoms with Crippen molar-refractivity contribution in [1.82, 2.24) is 0 Å². The van der Waals surface area contributed by atoms with Crippen LogP contribution >= 0.6 is 11.8 Å². The first-order chi connectivity index (χ1) is 9.81. The second kappa shape index (κ2) is 7.91. The third-order valence-corrected chi connectivity index (χ3v) is 5.01. The van der Waals surface area contributed by atoms with Gasteiger partial charge in [0.1, 0.15) is 0 Å². The summed E-state index contributed by atoms with van der Waals surface area (Å²) < 4.78 is 0. The van der Waals surface area contributed by atoms with Crippen LogP contribution in [0.1, 0.15) is 38.2 Å². The van der Waals surface area contributed by atoms with Crippen molar-refractivity contribution in [2.75, 3.05) is 23.8 Å². The van der Waals surface area contributed by atoms with Crippen molar-refractivity contribution >= 4 is 17.4 Å². The first-order valence-corrected chi connectivity index (χ1v) is 8.62. The third kappa shape index (κ3) is 3.48. The predicted molar refractivity (Wildman–Crippen MR) is 87.4 cm³/mol. The normalized spacial score (nSPS) is 15.8. The summed E-state index contributed by atoms with van der Waals surface area (Å²) in [5.74, 6) is 1.06. The SMILES string of the molecule is CCSc1cccc(N(CCO)C2CCCC2)c1CN. The van der Waals surface area contributed by atoms with Crippen LogP contribution in [0.4, 0.5) is 5.69 Å². The molecule has 3 N–H and O–H groups in total. The fourth-order valence-corrected chi connectivity index (χ4v) is 3.99. The van der Waals surface area contributed by atoms with Gasteiger partial charge in [-0.2, -0.15) is 0 Å². The van der Waals surface area contributed by atoms with Crippen molar-refractivity contribution in [1.29, 1.82) is 0 Å². The molecule has 0 heterocycles. The van der Waals surface area contributed by atoms with Gasteiger partial charge < -0.3 is 15.7 Å². The summed E-state index contributed by atoms with van der Waals surface area (Å²) >= 11 is 1.85. The minimum Gasteiger partial charge on any atom is -0.395 e. The molecule has 1 fully saturated rings. The first-order valence-electron chi connectivity index (χ1n) is 7.64. The van der Waals surface area contributed by atoms with Crippen molar-refractivity contribution in [3.8, 4) is 0 Å². The van der Waals surface area contributed by atoms with E-state index in [9.17, 15) is 5.11 Å². The van der Waals surface area contributed by atoms with Gasteiger partial charge in [-0.15, -0.1) is 11.8 Å². The summed E-state index contributed by atoms with van der Waals surface area (Å²) in [5.41, 5.74) is 8.48. The fraction of sp³-hybridized carbons (Fsp3) is 0.625. The van der Waals surface area contributed by atoms with Gasteiger partial charge in [-0.05, 0) is 30.7 Å². The Balaban J connectivity index is 2.33. The van der Waals surface area contributed by atoms with Gasteiger partial charge in [0.05, 0.1) is 6.61 Å². The molecule has 1 aromatic carbocycles. The van der Waals surface area contributed by atoms with E-state index >= 15 is 0 Å². The molecule has 0 bridgehead atoms. The van der Waals surface area contributed by atoms with Crippen LogP contribution in [-0.4, -0.2) is 30.1 Å². The van der Waals surface area contributed by atoms with E-state index < -0.39 is 0 Å². The van der Waals surface area contributed by atoms with Crippen molar-refractivity contribution in [2.24, 2.45) is 5.73 Å². The van der Waals surface area contributed by atoms with Crippen LogP contribution in [0.15, 0.2) is 23.1 Å². The molecular weight excluding hydrogens is 268 g/mol. The first kappa shape index (κ1) is 15.7. The highest BCUT2D eigenvalue weighted by Crippen LogP contribution is 2.34. The van der Waals surface area contributed by atoms with Gasteiger partial charge in [-0.25, -0.2) is 0 Å². The summed E-state index contributed by atoms with van der Waals surface area (Å²) in [6.07, 6.45) is 5.06. The lowest BCUT2D eigenvalue weighted by Crippen LogP contribution is -2.36. The number of hydrogen-bond donors (Lipinski definition) is 2. The summed E-state index contributed by atoms with van der Waals surface area (Å²) in [7, 11) is 0. The number of hydrogen-bond acceptors (Lipinski definition) is 4. The summed E-state index contributed by atoms with van der Waals surface area (Å²) in [6.45, 7) is 3.64. The number of benzene rings is 1. The monoisotopic (exact) mass is 294 g/mol. The molecule has 0 unspecified atom stereocenters. The zero-order valence-electron chi connectivity index (χ0n) is 12.3. The van der Waals surface area contributed by atoms with E-state index in [1.807, 2.05) is 11.8 Å². The summed E-state index contributed by atoms with van der Waals surface area (Å²) in [6, 6.07) is 7.00. The van der Waals surface area contributed by atoms with Crippen LogP contribution < -0.4 is 10.6 Å². The molecule has 3 nitrogen and oxygen atoms in total. The number of rotatable bonds is 7. The van der Waals surface area contributed by atoms with Gasteiger partial charge in [-0.1, -0.05) is 25.8 Å². The molecule has 112 valence electrons. The van der Waals surface area contributed by atoms with Crippen LogP contribution in [0.2, 0.25) is 0 Å². The Labute approximate surface area is 126 Å². The van der Waals surface area contributed by atoms with Crippen molar-refractivity contribution < 1.29 is 5.11 Å². The largest absolute Gasteiger partial charge is 0.395 e. The molecule has 0 saturated heterocycles. The van der Waals surface area contributed by atoms with Crippen molar-refractivity contribution in [2.45, 2.75) is 50.1 Å². The van der Waals surface area contributed by atoms with Gasteiger partial charge >= 0.3 is 0 Å². The highest BCUT2D eigenvalue weighted by atomic mass is 32.2. The minimum absolute atomic E-state index is 0.200. The maximum Gasteiger partial charge on any atom is 0.0606 e. The number of anilines is 1. The van der Waals surface area contributed by atoms with Crippen LogP contribution in [0.5, 0.6) is 0 Å². The van der Waals surface area contributed by atoms with E-state index in [4.69, 9.17) is 5.73 Å². The number of thioether (sulfide) groups is 1. The summed E-state index contributed by atoms with van der Waals surface area (Å²) in [5, 5.41) is 9.42. The zero-order valence-corrected chi connectivity index (χ0v) is 13.2. The minimum atomic E-state index is 0.200. The Morgan fingerprint density at radius 2 is 2.10 bits per heavy atom. The number of aliphatic hydroxyl groups excluding tert-OH is 1. The van der Waals surface area contributed by atoms with Gasteiger partial charge in [0.25, 0.3) is 0 Å². The Bertz CT molecular complexity index is 419. The van der Waals surface area contributed by atoms with Crippen molar-refractivity contribution in [3.05, 3.63) is 23.8 Å². The molecule has 0 radical (unpaired) electrons. The molecule has 4 heteroatoms. The van der Waals surface area contributed by atoms with E-state index in [1.54, 1.807) is 0 Å². The lowest BCUT2D eigenvalue weighted by molar-refractivity contribution is 0.297. The molecule has 0 aromatic heterocycles. The fourth-order valence-electron chi connectivity index (χ4n) is 3.14. The van der Waals surface area contributed by atoms with E-state index in [0.717, 1.165) is 5.75 Å². The van der Waals surface area contributed by atoms with Gasteiger partial charge in [0.2, 0.25) is 0 Å². The van der Waals surface area contributed by atoms with Gasteiger partial charge in [0, 0.05) is 35.3 Å². The van der Waals surface area contributed by atoms with E-state index in [2.05, 4.69) is 30.0 Å². The van der Waals surface area contributed by atoms with Crippen LogP contribution in [0.25, 0.3) is 0 Å². The smallest absolute Gasteiger partial charge is 0.0606 e. The van der Waals surface area contributed by atoms with E-state index in [1.165, 1.54) is 41.8 Å². The van der Waals surface area contributed by atoms with Gasteiger partial charge in [0.15, 0.2) is 0 Å². The quantitative estimate of drug-likeness (QED) is 0.759. The van der Waals surface area contributed by atoms with Crippen molar-refractivity contribution in [3.63, 3.8) is 0 Å². The van der Waals surface area contributed by atoms with E-state index in [-0.39, 0.29) is 6.61 Å². The lowest BCUT2D eigenvalue weighted by Gasteiger charge is -2.33. The third-order valence-electron chi connectivity index (χ3n) is 4.03. The van der Waals surface area contributed by atoms with Crippen LogP contribution in [0.3, 0.4) is 0 Å². The zero-order chi connectivity index (χ0) is 14.4. The molecule has 0 aliphatic heterocycles. The average molecular weight is 294 g/mol. The number of aliphatic hydroxyl groups is 1. The van der Waals surface area contributed by atoms with Crippen LogP contribution in [0, 0.1) is 0 Å². The predicted octanol–water partition coefficient (Wildman–Crippen LogP) is 3.00. The molecule has 1 aliphatic rings. The topological polar surface area (TPSA) is 49.5 Å². The second-order valence-electron chi connectivity index (χ2n) is 5.25. The Morgan fingerprint density at radius 3 is 2.70 bits per heavy atom. The number of nitrogens with two attached hydrogens (primary N) is 1.